The van der Waals surface area contributed by atoms with E-state index in [-0.39, 0.29) is 18.0 Å². The standard InChI is InChI=1S/C20H20BrN3O2S/c1-13-17(14-5-7-15(21)8-6-14)18-19(27-13)22-12-24(20(18)26)11-16(25)23-9-3-2-4-10-23/h5-8,12H,2-4,9-11H2,1H3. The van der Waals surface area contributed by atoms with Gasteiger partial charge in [0.05, 0.1) is 11.7 Å². The Bertz CT molecular complexity index is 1050. The van der Waals surface area contributed by atoms with E-state index in [0.717, 1.165) is 51.2 Å². The number of thiophene rings is 1. The molecule has 2 aromatic heterocycles. The number of carbonyl (C=O) groups excluding carboxylic acids is 1. The zero-order chi connectivity index (χ0) is 19.0. The van der Waals surface area contributed by atoms with Crippen LogP contribution in [0.15, 0.2) is 39.9 Å². The van der Waals surface area contributed by atoms with Gasteiger partial charge in [-0.05, 0) is 43.9 Å². The van der Waals surface area contributed by atoms with Crippen LogP contribution in [0, 0.1) is 6.92 Å². The zero-order valence-corrected chi connectivity index (χ0v) is 17.5. The van der Waals surface area contributed by atoms with Crippen molar-refractivity contribution in [2.75, 3.05) is 13.1 Å². The molecule has 0 atom stereocenters. The van der Waals surface area contributed by atoms with Crippen LogP contribution in [-0.4, -0.2) is 33.4 Å². The van der Waals surface area contributed by atoms with Crippen molar-refractivity contribution in [3.63, 3.8) is 0 Å². The summed E-state index contributed by atoms with van der Waals surface area (Å²) in [5.41, 5.74) is 1.76. The van der Waals surface area contributed by atoms with Gasteiger partial charge in [-0.2, -0.15) is 0 Å². The van der Waals surface area contributed by atoms with Crippen LogP contribution in [-0.2, 0) is 11.3 Å². The minimum atomic E-state index is -0.146. The van der Waals surface area contributed by atoms with E-state index in [9.17, 15) is 9.59 Å². The molecule has 3 aromatic rings. The molecule has 7 heteroatoms. The number of likely N-dealkylation sites (tertiary alicyclic amines) is 1. The molecule has 1 aliphatic heterocycles. The largest absolute Gasteiger partial charge is 0.341 e. The average Bonchev–Trinajstić information content (AvgIpc) is 3.02. The number of aromatic nitrogens is 2. The molecule has 0 N–H and O–H groups in total. The van der Waals surface area contributed by atoms with E-state index in [1.165, 1.54) is 28.7 Å². The Kier molecular flexibility index (Phi) is 5.14. The van der Waals surface area contributed by atoms with Gasteiger partial charge in [0.25, 0.3) is 5.56 Å². The number of amides is 1. The minimum absolute atomic E-state index is 0.00454. The highest BCUT2D eigenvalue weighted by molar-refractivity contribution is 9.10. The Hall–Kier alpha value is -1.99. The fourth-order valence-electron chi connectivity index (χ4n) is 3.60. The molecular weight excluding hydrogens is 426 g/mol. The van der Waals surface area contributed by atoms with Crippen LogP contribution >= 0.6 is 27.3 Å². The summed E-state index contributed by atoms with van der Waals surface area (Å²) in [5.74, 6) is -0.00454. The maximum Gasteiger partial charge on any atom is 0.263 e. The summed E-state index contributed by atoms with van der Waals surface area (Å²) in [7, 11) is 0. The predicted molar refractivity (Wildman–Crippen MR) is 112 cm³/mol. The van der Waals surface area contributed by atoms with Crippen molar-refractivity contribution in [1.29, 1.82) is 0 Å². The molecule has 27 heavy (non-hydrogen) atoms. The van der Waals surface area contributed by atoms with Crippen molar-refractivity contribution >= 4 is 43.4 Å². The van der Waals surface area contributed by atoms with E-state index >= 15 is 0 Å². The second-order valence-electron chi connectivity index (χ2n) is 6.84. The summed E-state index contributed by atoms with van der Waals surface area (Å²) in [4.78, 5) is 33.9. The van der Waals surface area contributed by atoms with Crippen LogP contribution in [0.1, 0.15) is 24.1 Å². The molecule has 0 unspecified atom stereocenters. The van der Waals surface area contributed by atoms with E-state index in [4.69, 9.17) is 0 Å². The summed E-state index contributed by atoms with van der Waals surface area (Å²) >= 11 is 4.97. The Morgan fingerprint density at radius 3 is 2.59 bits per heavy atom. The minimum Gasteiger partial charge on any atom is -0.341 e. The quantitative estimate of drug-likeness (QED) is 0.606. The lowest BCUT2D eigenvalue weighted by molar-refractivity contribution is -0.132. The number of piperidine rings is 1. The van der Waals surface area contributed by atoms with Crippen molar-refractivity contribution in [3.8, 4) is 11.1 Å². The van der Waals surface area contributed by atoms with Crippen molar-refractivity contribution in [1.82, 2.24) is 14.5 Å². The summed E-state index contributed by atoms with van der Waals surface area (Å²) in [6, 6.07) is 7.92. The molecule has 0 spiro atoms. The first-order chi connectivity index (χ1) is 13.0. The van der Waals surface area contributed by atoms with E-state index in [1.807, 2.05) is 36.1 Å². The van der Waals surface area contributed by atoms with Crippen LogP contribution in [0.3, 0.4) is 0 Å². The molecule has 5 nitrogen and oxygen atoms in total. The first-order valence-corrected chi connectivity index (χ1v) is 10.7. The number of benzene rings is 1. The van der Waals surface area contributed by atoms with Gasteiger partial charge in [0.15, 0.2) is 0 Å². The molecule has 1 fully saturated rings. The van der Waals surface area contributed by atoms with Crippen LogP contribution in [0.4, 0.5) is 0 Å². The predicted octanol–water partition coefficient (Wildman–Crippen LogP) is 4.21. The number of halogens is 1. The lowest BCUT2D eigenvalue weighted by Gasteiger charge is -2.26. The maximum absolute atomic E-state index is 13.2. The van der Waals surface area contributed by atoms with E-state index < -0.39 is 0 Å². The molecule has 0 aliphatic carbocycles. The molecule has 4 rings (SSSR count). The third kappa shape index (κ3) is 3.58. The molecule has 1 saturated heterocycles. The van der Waals surface area contributed by atoms with E-state index in [1.54, 1.807) is 0 Å². The average molecular weight is 446 g/mol. The topological polar surface area (TPSA) is 55.2 Å². The zero-order valence-electron chi connectivity index (χ0n) is 15.1. The third-order valence-corrected chi connectivity index (χ3v) is 6.54. The fraction of sp³-hybridized carbons (Fsp3) is 0.350. The van der Waals surface area contributed by atoms with Gasteiger partial charge in [-0.1, -0.05) is 28.1 Å². The van der Waals surface area contributed by atoms with E-state index in [0.29, 0.717) is 5.39 Å². The Morgan fingerprint density at radius 1 is 1.19 bits per heavy atom. The number of rotatable bonds is 3. The SMILES string of the molecule is Cc1sc2ncn(CC(=O)N3CCCCC3)c(=O)c2c1-c1ccc(Br)cc1. The van der Waals surface area contributed by atoms with Crippen LogP contribution < -0.4 is 5.56 Å². The Morgan fingerprint density at radius 2 is 1.89 bits per heavy atom. The Balaban J connectivity index is 1.75. The number of nitrogens with zero attached hydrogens (tertiary/aromatic N) is 3. The van der Waals surface area contributed by atoms with Gasteiger partial charge >= 0.3 is 0 Å². The Labute approximate surface area is 169 Å². The van der Waals surface area contributed by atoms with Gasteiger partial charge in [-0.15, -0.1) is 11.3 Å². The highest BCUT2D eigenvalue weighted by Crippen LogP contribution is 2.35. The van der Waals surface area contributed by atoms with Crippen molar-refractivity contribution in [3.05, 3.63) is 50.3 Å². The maximum atomic E-state index is 13.2. The molecule has 1 amide bonds. The fourth-order valence-corrected chi connectivity index (χ4v) is 4.87. The number of aryl methyl sites for hydroxylation is 1. The monoisotopic (exact) mass is 445 g/mol. The second kappa shape index (κ2) is 7.56. The highest BCUT2D eigenvalue weighted by Gasteiger charge is 2.20. The van der Waals surface area contributed by atoms with Crippen LogP contribution in [0.2, 0.25) is 0 Å². The second-order valence-corrected chi connectivity index (χ2v) is 8.96. The molecule has 1 aromatic carbocycles. The van der Waals surface area contributed by atoms with Gasteiger partial charge in [0.1, 0.15) is 11.4 Å². The smallest absolute Gasteiger partial charge is 0.263 e. The van der Waals surface area contributed by atoms with Crippen LogP contribution in [0.5, 0.6) is 0 Å². The van der Waals surface area contributed by atoms with Gasteiger partial charge in [0, 0.05) is 28.0 Å². The van der Waals surface area contributed by atoms with E-state index in [2.05, 4.69) is 20.9 Å². The molecule has 140 valence electrons. The lowest BCUT2D eigenvalue weighted by Crippen LogP contribution is -2.39. The summed E-state index contributed by atoms with van der Waals surface area (Å²) in [6.07, 6.45) is 4.75. The molecular formula is C20H20BrN3O2S. The number of hydrogen-bond acceptors (Lipinski definition) is 4. The summed E-state index contributed by atoms with van der Waals surface area (Å²) in [5, 5.41) is 0.605. The van der Waals surface area contributed by atoms with Crippen LogP contribution in [0.25, 0.3) is 21.3 Å². The number of hydrogen-bond donors (Lipinski definition) is 0. The molecule has 0 bridgehead atoms. The van der Waals surface area contributed by atoms with Gasteiger partial charge in [0.2, 0.25) is 5.91 Å². The summed E-state index contributed by atoms with van der Waals surface area (Å²) in [6.45, 7) is 3.62. The van der Waals surface area contributed by atoms with Crippen molar-refractivity contribution in [2.24, 2.45) is 0 Å². The highest BCUT2D eigenvalue weighted by atomic mass is 79.9. The van der Waals surface area contributed by atoms with Gasteiger partial charge < -0.3 is 4.90 Å². The van der Waals surface area contributed by atoms with Gasteiger partial charge in [-0.25, -0.2) is 4.98 Å². The first-order valence-electron chi connectivity index (χ1n) is 9.07. The van der Waals surface area contributed by atoms with Gasteiger partial charge in [-0.3, -0.25) is 14.2 Å². The molecule has 3 heterocycles. The lowest BCUT2D eigenvalue weighted by atomic mass is 10.0. The molecule has 1 aliphatic rings. The molecule has 0 radical (unpaired) electrons. The molecule has 0 saturated carbocycles. The normalized spacial score (nSPS) is 14.7. The number of fused-ring (bicyclic) bond motifs is 1. The van der Waals surface area contributed by atoms with Crippen molar-refractivity contribution in [2.45, 2.75) is 32.7 Å². The third-order valence-electron chi connectivity index (χ3n) is 5.00. The first kappa shape index (κ1) is 18.4. The summed E-state index contributed by atoms with van der Waals surface area (Å²) < 4.78 is 2.44. The number of carbonyl (C=O) groups is 1. The van der Waals surface area contributed by atoms with Crippen molar-refractivity contribution < 1.29 is 4.79 Å².